The minimum Gasteiger partial charge on any atom is -0.493 e. The van der Waals surface area contributed by atoms with Gasteiger partial charge < -0.3 is 4.74 Å². The molecule has 0 aliphatic carbocycles. The zero-order valence-electron chi connectivity index (χ0n) is 14.6. The third-order valence-electron chi connectivity index (χ3n) is 4.45. The molecule has 0 saturated carbocycles. The highest BCUT2D eigenvalue weighted by molar-refractivity contribution is 6.04. The molecule has 0 fully saturated rings. The van der Waals surface area contributed by atoms with Gasteiger partial charge in [-0.2, -0.15) is 0 Å². The lowest BCUT2D eigenvalue weighted by Gasteiger charge is -2.23. The summed E-state index contributed by atoms with van der Waals surface area (Å²) in [6.07, 6.45) is 1.48. The summed E-state index contributed by atoms with van der Waals surface area (Å²) in [7, 11) is 0. The standard InChI is InChI=1S/C21H21FN2O/c1-12(18-6-7-19(14(3)22)24-15(18)4)13(2)21-20-16(5)25-11-9-17(20)8-10-23-21/h6-8,10,14H,1-2,5,9,11H2,3-4H3. The highest BCUT2D eigenvalue weighted by Gasteiger charge is 2.22. The fourth-order valence-electron chi connectivity index (χ4n) is 3.03. The fourth-order valence-corrected chi connectivity index (χ4v) is 3.03. The van der Waals surface area contributed by atoms with Crippen LogP contribution < -0.4 is 0 Å². The van der Waals surface area contributed by atoms with Gasteiger partial charge in [0.05, 0.1) is 18.0 Å². The SMILES string of the molecule is C=C(C(=C)c1nccc2c1C(=C)OCC2)c1ccc(C(C)F)nc1C. The molecule has 3 nitrogen and oxygen atoms in total. The molecule has 4 heteroatoms. The number of aryl methyl sites for hydroxylation is 1. The average molecular weight is 336 g/mol. The van der Waals surface area contributed by atoms with E-state index in [1.54, 1.807) is 12.3 Å². The number of halogens is 1. The van der Waals surface area contributed by atoms with Gasteiger partial charge in [-0.15, -0.1) is 0 Å². The second kappa shape index (κ2) is 6.63. The minimum absolute atomic E-state index is 0.414. The van der Waals surface area contributed by atoms with Crippen LogP contribution in [-0.2, 0) is 11.2 Å². The zero-order chi connectivity index (χ0) is 18.1. The molecule has 3 heterocycles. The first-order valence-corrected chi connectivity index (χ1v) is 8.20. The Morgan fingerprint density at radius 1 is 1.24 bits per heavy atom. The van der Waals surface area contributed by atoms with Crippen LogP contribution in [0.2, 0.25) is 0 Å². The highest BCUT2D eigenvalue weighted by atomic mass is 19.1. The molecule has 1 atom stereocenters. The van der Waals surface area contributed by atoms with E-state index in [9.17, 15) is 4.39 Å². The summed E-state index contributed by atoms with van der Waals surface area (Å²) in [5, 5.41) is 0. The summed E-state index contributed by atoms with van der Waals surface area (Å²) < 4.78 is 19.1. The molecular formula is C21H21FN2O. The van der Waals surface area contributed by atoms with Crippen LogP contribution in [0.15, 0.2) is 44.1 Å². The Morgan fingerprint density at radius 3 is 2.68 bits per heavy atom. The number of ether oxygens (including phenoxy) is 1. The van der Waals surface area contributed by atoms with Crippen LogP contribution in [-0.4, -0.2) is 16.6 Å². The normalized spacial score (nSPS) is 14.4. The lowest BCUT2D eigenvalue weighted by molar-refractivity contribution is 0.271. The molecule has 2 aromatic heterocycles. The number of pyridine rings is 2. The summed E-state index contributed by atoms with van der Waals surface area (Å²) in [6, 6.07) is 5.50. The van der Waals surface area contributed by atoms with Gasteiger partial charge in [0.15, 0.2) is 0 Å². The maximum absolute atomic E-state index is 13.5. The van der Waals surface area contributed by atoms with E-state index in [-0.39, 0.29) is 0 Å². The van der Waals surface area contributed by atoms with Crippen molar-refractivity contribution in [3.63, 3.8) is 0 Å². The maximum Gasteiger partial charge on any atom is 0.139 e. The number of allylic oxidation sites excluding steroid dienone is 2. The van der Waals surface area contributed by atoms with Crippen LogP contribution in [0.1, 0.15) is 46.9 Å². The molecule has 0 saturated heterocycles. The van der Waals surface area contributed by atoms with Crippen molar-refractivity contribution < 1.29 is 9.13 Å². The molecule has 0 spiro atoms. The predicted octanol–water partition coefficient (Wildman–Crippen LogP) is 5.09. The van der Waals surface area contributed by atoms with Crippen molar-refractivity contribution in [3.8, 4) is 0 Å². The van der Waals surface area contributed by atoms with Crippen LogP contribution in [0.5, 0.6) is 0 Å². The van der Waals surface area contributed by atoms with Crippen LogP contribution in [0.25, 0.3) is 16.9 Å². The molecule has 0 N–H and O–H groups in total. The summed E-state index contributed by atoms with van der Waals surface area (Å²) in [5.41, 5.74) is 6.11. The number of rotatable bonds is 4. The number of fused-ring (bicyclic) bond motifs is 1. The summed E-state index contributed by atoms with van der Waals surface area (Å²) >= 11 is 0. The minimum atomic E-state index is -1.10. The second-order valence-corrected chi connectivity index (χ2v) is 6.16. The first kappa shape index (κ1) is 17.1. The predicted molar refractivity (Wildman–Crippen MR) is 99.5 cm³/mol. The van der Waals surface area contributed by atoms with E-state index in [0.717, 1.165) is 28.8 Å². The Balaban J connectivity index is 2.00. The van der Waals surface area contributed by atoms with E-state index in [0.29, 0.717) is 34.9 Å². The van der Waals surface area contributed by atoms with E-state index in [4.69, 9.17) is 4.74 Å². The molecule has 0 radical (unpaired) electrons. The largest absolute Gasteiger partial charge is 0.493 e. The van der Waals surface area contributed by atoms with Crippen LogP contribution in [0.3, 0.4) is 0 Å². The van der Waals surface area contributed by atoms with Gasteiger partial charge in [0.25, 0.3) is 0 Å². The molecule has 1 aliphatic rings. The molecular weight excluding hydrogens is 315 g/mol. The molecule has 1 aliphatic heterocycles. The number of hydrogen-bond donors (Lipinski definition) is 0. The van der Waals surface area contributed by atoms with Gasteiger partial charge in [0.1, 0.15) is 11.9 Å². The molecule has 0 aromatic carbocycles. The van der Waals surface area contributed by atoms with Gasteiger partial charge in [-0.25, -0.2) is 4.39 Å². The number of hydrogen-bond acceptors (Lipinski definition) is 3. The van der Waals surface area contributed by atoms with E-state index in [2.05, 4.69) is 29.7 Å². The number of aromatic nitrogens is 2. The second-order valence-electron chi connectivity index (χ2n) is 6.16. The van der Waals surface area contributed by atoms with Crippen LogP contribution >= 0.6 is 0 Å². The lowest BCUT2D eigenvalue weighted by Crippen LogP contribution is -2.12. The van der Waals surface area contributed by atoms with Gasteiger partial charge in [0, 0.05) is 35.0 Å². The van der Waals surface area contributed by atoms with Gasteiger partial charge in [-0.1, -0.05) is 25.8 Å². The van der Waals surface area contributed by atoms with Crippen molar-refractivity contribution >= 4 is 16.9 Å². The topological polar surface area (TPSA) is 35.0 Å². The Morgan fingerprint density at radius 2 is 2.00 bits per heavy atom. The average Bonchev–Trinajstić information content (AvgIpc) is 2.60. The van der Waals surface area contributed by atoms with Crippen LogP contribution in [0.4, 0.5) is 4.39 Å². The molecule has 25 heavy (non-hydrogen) atoms. The molecule has 3 rings (SSSR count). The van der Waals surface area contributed by atoms with Crippen molar-refractivity contribution in [2.75, 3.05) is 6.61 Å². The van der Waals surface area contributed by atoms with Crippen molar-refractivity contribution in [1.82, 2.24) is 9.97 Å². The molecule has 2 aromatic rings. The van der Waals surface area contributed by atoms with E-state index in [1.807, 2.05) is 19.1 Å². The molecule has 0 amide bonds. The van der Waals surface area contributed by atoms with Crippen molar-refractivity contribution in [2.45, 2.75) is 26.4 Å². The molecule has 1 unspecified atom stereocenters. The highest BCUT2D eigenvalue weighted by Crippen LogP contribution is 2.36. The Labute approximate surface area is 147 Å². The Bertz CT molecular complexity index is 883. The lowest BCUT2D eigenvalue weighted by atomic mass is 9.91. The fraction of sp³-hybridized carbons (Fsp3) is 0.238. The smallest absolute Gasteiger partial charge is 0.139 e. The van der Waals surface area contributed by atoms with Gasteiger partial charge in [-0.05, 0) is 37.1 Å². The molecule has 0 bridgehead atoms. The third kappa shape index (κ3) is 3.12. The first-order valence-electron chi connectivity index (χ1n) is 8.20. The number of alkyl halides is 1. The van der Waals surface area contributed by atoms with E-state index in [1.165, 1.54) is 6.92 Å². The van der Waals surface area contributed by atoms with Gasteiger partial charge >= 0.3 is 0 Å². The van der Waals surface area contributed by atoms with Crippen molar-refractivity contribution in [2.24, 2.45) is 0 Å². The number of nitrogens with zero attached hydrogens (tertiary/aromatic N) is 2. The van der Waals surface area contributed by atoms with Crippen LogP contribution in [0, 0.1) is 6.92 Å². The summed E-state index contributed by atoms with van der Waals surface area (Å²) in [6.45, 7) is 16.3. The van der Waals surface area contributed by atoms with Gasteiger partial charge in [0.2, 0.25) is 0 Å². The van der Waals surface area contributed by atoms with E-state index < -0.39 is 6.17 Å². The monoisotopic (exact) mass is 336 g/mol. The van der Waals surface area contributed by atoms with Gasteiger partial charge in [-0.3, -0.25) is 9.97 Å². The third-order valence-corrected chi connectivity index (χ3v) is 4.45. The maximum atomic E-state index is 13.5. The summed E-state index contributed by atoms with van der Waals surface area (Å²) in [4.78, 5) is 8.82. The van der Waals surface area contributed by atoms with E-state index >= 15 is 0 Å². The Kier molecular flexibility index (Phi) is 4.53. The first-order chi connectivity index (χ1) is 11.9. The molecule has 128 valence electrons. The summed E-state index contributed by atoms with van der Waals surface area (Å²) in [5.74, 6) is 0.606. The quantitative estimate of drug-likeness (QED) is 0.730. The van der Waals surface area contributed by atoms with Crippen molar-refractivity contribution in [3.05, 3.63) is 77.9 Å². The van der Waals surface area contributed by atoms with Crippen molar-refractivity contribution in [1.29, 1.82) is 0 Å². The Hall–Kier alpha value is -2.75. The zero-order valence-corrected chi connectivity index (χ0v) is 14.6.